The van der Waals surface area contributed by atoms with Crippen LogP contribution in [0.3, 0.4) is 0 Å². The summed E-state index contributed by atoms with van der Waals surface area (Å²) < 4.78 is 18.5. The van der Waals surface area contributed by atoms with Crippen molar-refractivity contribution >= 4 is 11.8 Å². The van der Waals surface area contributed by atoms with E-state index in [1.54, 1.807) is 0 Å². The van der Waals surface area contributed by atoms with Crippen LogP contribution in [0, 0.1) is 17.7 Å². The summed E-state index contributed by atoms with van der Waals surface area (Å²) in [7, 11) is 0. The minimum atomic E-state index is -0.649. The third kappa shape index (κ3) is 6.03. The first-order chi connectivity index (χ1) is 10.0. The Bertz CT molecular complexity index is 579. The lowest BCUT2D eigenvalue weighted by Crippen LogP contribution is -2.29. The predicted octanol–water partition coefficient (Wildman–Crippen LogP) is -0.632. The minimum Gasteiger partial charge on any atom is -0.370 e. The lowest BCUT2D eigenvalue weighted by molar-refractivity contribution is -0.122. The molecule has 0 radical (unpaired) electrons. The second-order valence-corrected chi connectivity index (χ2v) is 3.98. The van der Waals surface area contributed by atoms with E-state index in [0.29, 0.717) is 5.56 Å². The number of hydrogen-bond donors (Lipinski definition) is 3. The molecular weight excluding hydrogens is 277 g/mol. The van der Waals surface area contributed by atoms with Crippen LogP contribution >= 0.6 is 0 Å². The van der Waals surface area contributed by atoms with Gasteiger partial charge in [-0.2, -0.15) is 0 Å². The molecule has 1 aromatic rings. The van der Waals surface area contributed by atoms with Crippen molar-refractivity contribution in [2.75, 3.05) is 26.3 Å². The lowest BCUT2D eigenvalue weighted by atomic mass is 10.1. The topological polar surface area (TPSA) is 107 Å². The van der Waals surface area contributed by atoms with Crippen molar-refractivity contribution in [2.24, 2.45) is 11.5 Å². The van der Waals surface area contributed by atoms with Crippen LogP contribution in [0.1, 0.15) is 15.9 Å². The number of nitrogens with two attached hydrogens (primary N) is 2. The summed E-state index contributed by atoms with van der Waals surface area (Å²) in [5.41, 5.74) is 10.5. The van der Waals surface area contributed by atoms with Crippen LogP contribution in [-0.2, 0) is 9.53 Å². The van der Waals surface area contributed by atoms with Crippen molar-refractivity contribution in [1.29, 1.82) is 0 Å². The fourth-order valence-corrected chi connectivity index (χ4v) is 1.43. The SMILES string of the molecule is NCC#Cc1ccc(F)c(C(=O)NCCOCC(N)=O)c1. The highest BCUT2D eigenvalue weighted by atomic mass is 19.1. The van der Waals surface area contributed by atoms with Crippen LogP contribution < -0.4 is 16.8 Å². The Balaban J connectivity index is 2.58. The fraction of sp³-hybridized carbons (Fsp3) is 0.286. The van der Waals surface area contributed by atoms with E-state index in [-0.39, 0.29) is 31.9 Å². The van der Waals surface area contributed by atoms with E-state index >= 15 is 0 Å². The van der Waals surface area contributed by atoms with Gasteiger partial charge in [0.2, 0.25) is 5.91 Å². The van der Waals surface area contributed by atoms with E-state index in [0.717, 1.165) is 0 Å². The molecule has 0 atom stereocenters. The Morgan fingerprint density at radius 3 is 2.81 bits per heavy atom. The Kier molecular flexibility index (Phi) is 6.87. The molecule has 0 saturated heterocycles. The molecule has 7 heteroatoms. The van der Waals surface area contributed by atoms with E-state index in [9.17, 15) is 14.0 Å². The highest BCUT2D eigenvalue weighted by Gasteiger charge is 2.11. The highest BCUT2D eigenvalue weighted by Crippen LogP contribution is 2.09. The maximum atomic E-state index is 13.6. The molecule has 0 aliphatic carbocycles. The zero-order chi connectivity index (χ0) is 15.7. The van der Waals surface area contributed by atoms with E-state index in [1.807, 2.05) is 0 Å². The van der Waals surface area contributed by atoms with E-state index < -0.39 is 17.6 Å². The fourth-order valence-electron chi connectivity index (χ4n) is 1.43. The van der Waals surface area contributed by atoms with Crippen molar-refractivity contribution in [1.82, 2.24) is 5.32 Å². The largest absolute Gasteiger partial charge is 0.370 e. The van der Waals surface area contributed by atoms with Crippen molar-refractivity contribution in [3.05, 3.63) is 35.1 Å². The van der Waals surface area contributed by atoms with Crippen LogP contribution in [0.2, 0.25) is 0 Å². The second-order valence-electron chi connectivity index (χ2n) is 3.98. The monoisotopic (exact) mass is 293 g/mol. The van der Waals surface area contributed by atoms with Crippen LogP contribution in [-0.4, -0.2) is 38.1 Å². The average molecular weight is 293 g/mol. The van der Waals surface area contributed by atoms with Crippen LogP contribution in [0.5, 0.6) is 0 Å². The molecule has 0 unspecified atom stereocenters. The van der Waals surface area contributed by atoms with Crippen molar-refractivity contribution in [3.63, 3.8) is 0 Å². The number of rotatable bonds is 6. The molecule has 0 aliphatic rings. The molecule has 0 bridgehead atoms. The molecule has 0 fully saturated rings. The average Bonchev–Trinajstić information content (AvgIpc) is 2.45. The molecule has 5 N–H and O–H groups in total. The van der Waals surface area contributed by atoms with E-state index in [1.165, 1.54) is 18.2 Å². The Hall–Kier alpha value is -2.43. The van der Waals surface area contributed by atoms with Gasteiger partial charge in [0, 0.05) is 12.1 Å². The molecule has 0 aromatic heterocycles. The first-order valence-corrected chi connectivity index (χ1v) is 6.17. The molecule has 0 saturated carbocycles. The number of ether oxygens (including phenoxy) is 1. The third-order valence-electron chi connectivity index (χ3n) is 2.32. The normalized spacial score (nSPS) is 9.62. The number of carbonyl (C=O) groups is 2. The van der Waals surface area contributed by atoms with Crippen molar-refractivity contribution < 1.29 is 18.7 Å². The summed E-state index contributed by atoms with van der Waals surface area (Å²) in [5.74, 6) is 3.50. The zero-order valence-electron chi connectivity index (χ0n) is 11.3. The Labute approximate surface area is 121 Å². The third-order valence-corrected chi connectivity index (χ3v) is 2.32. The second kappa shape index (κ2) is 8.68. The van der Waals surface area contributed by atoms with Gasteiger partial charge in [-0.3, -0.25) is 9.59 Å². The molecule has 21 heavy (non-hydrogen) atoms. The number of halogens is 1. The first kappa shape index (κ1) is 16.6. The zero-order valence-corrected chi connectivity index (χ0v) is 11.3. The minimum absolute atomic E-state index is 0.100. The van der Waals surface area contributed by atoms with Gasteiger partial charge < -0.3 is 21.5 Å². The van der Waals surface area contributed by atoms with Gasteiger partial charge in [-0.15, -0.1) is 0 Å². The maximum absolute atomic E-state index is 13.6. The number of benzene rings is 1. The van der Waals surface area contributed by atoms with Gasteiger partial charge in [-0.05, 0) is 18.2 Å². The van der Waals surface area contributed by atoms with Crippen LogP contribution in [0.25, 0.3) is 0 Å². The lowest BCUT2D eigenvalue weighted by Gasteiger charge is -2.06. The van der Waals surface area contributed by atoms with Gasteiger partial charge in [0.1, 0.15) is 12.4 Å². The summed E-state index contributed by atoms with van der Waals surface area (Å²) in [4.78, 5) is 22.2. The molecule has 0 spiro atoms. The first-order valence-electron chi connectivity index (χ1n) is 6.17. The van der Waals surface area contributed by atoms with Gasteiger partial charge in [-0.25, -0.2) is 4.39 Å². The van der Waals surface area contributed by atoms with Gasteiger partial charge in [0.05, 0.1) is 18.7 Å². The van der Waals surface area contributed by atoms with Gasteiger partial charge >= 0.3 is 0 Å². The molecule has 6 nitrogen and oxygen atoms in total. The molecule has 112 valence electrons. The maximum Gasteiger partial charge on any atom is 0.254 e. The highest BCUT2D eigenvalue weighted by molar-refractivity contribution is 5.94. The number of amides is 2. The molecule has 2 amide bonds. The Morgan fingerprint density at radius 1 is 1.38 bits per heavy atom. The summed E-state index contributed by atoms with van der Waals surface area (Å²) in [6, 6.07) is 3.97. The Morgan fingerprint density at radius 2 is 2.14 bits per heavy atom. The summed E-state index contributed by atoms with van der Waals surface area (Å²) in [5, 5.41) is 2.47. The number of primary amides is 1. The molecule has 0 heterocycles. The molecular formula is C14H16FN3O3. The van der Waals surface area contributed by atoms with Gasteiger partial charge in [-0.1, -0.05) is 11.8 Å². The van der Waals surface area contributed by atoms with Gasteiger partial charge in [0.25, 0.3) is 5.91 Å². The number of nitrogens with one attached hydrogen (secondary N) is 1. The smallest absolute Gasteiger partial charge is 0.254 e. The van der Waals surface area contributed by atoms with E-state index in [2.05, 4.69) is 17.2 Å². The number of carbonyl (C=O) groups excluding carboxylic acids is 2. The standard InChI is InChI=1S/C14H16FN3O3/c15-12-4-3-10(2-1-5-16)8-11(12)14(20)18-6-7-21-9-13(17)19/h3-4,8H,5-7,9,16H2,(H2,17,19)(H,18,20). The van der Waals surface area contributed by atoms with Crippen molar-refractivity contribution in [3.8, 4) is 11.8 Å². The molecule has 0 aliphatic heterocycles. The molecule has 1 aromatic carbocycles. The molecule has 1 rings (SSSR count). The predicted molar refractivity (Wildman–Crippen MR) is 74.7 cm³/mol. The number of hydrogen-bond acceptors (Lipinski definition) is 4. The summed E-state index contributed by atoms with van der Waals surface area (Å²) in [6.45, 7) is 0.178. The van der Waals surface area contributed by atoms with E-state index in [4.69, 9.17) is 16.2 Å². The summed E-state index contributed by atoms with van der Waals surface area (Å²) in [6.07, 6.45) is 0. The summed E-state index contributed by atoms with van der Waals surface area (Å²) >= 11 is 0. The van der Waals surface area contributed by atoms with Crippen LogP contribution in [0.15, 0.2) is 18.2 Å². The van der Waals surface area contributed by atoms with Gasteiger partial charge in [0.15, 0.2) is 0 Å². The van der Waals surface area contributed by atoms with Crippen LogP contribution in [0.4, 0.5) is 4.39 Å². The van der Waals surface area contributed by atoms with Crippen molar-refractivity contribution in [2.45, 2.75) is 0 Å². The quantitative estimate of drug-likeness (QED) is 0.479.